The van der Waals surface area contributed by atoms with Crippen LogP contribution in [0.4, 0.5) is 0 Å². The van der Waals surface area contributed by atoms with E-state index in [1.54, 1.807) is 0 Å². The van der Waals surface area contributed by atoms with Crippen molar-refractivity contribution < 1.29 is 13.2 Å². The van der Waals surface area contributed by atoms with Crippen molar-refractivity contribution in [3.8, 4) is 5.75 Å². The first kappa shape index (κ1) is 22.2. The largest absolute Gasteiger partial charge is 0.463 e. The molecule has 1 fully saturated rings. The molecular weight excluding hydrogens is 432 g/mol. The van der Waals surface area contributed by atoms with Crippen LogP contribution in [0.15, 0.2) is 54.9 Å². The highest BCUT2D eigenvalue weighted by Crippen LogP contribution is 2.53. The van der Waals surface area contributed by atoms with E-state index >= 15 is 0 Å². The van der Waals surface area contributed by atoms with Gasteiger partial charge in [0.25, 0.3) is 0 Å². The van der Waals surface area contributed by atoms with Crippen LogP contribution >= 0.6 is 11.6 Å². The Morgan fingerprint density at radius 2 is 2.00 bits per heavy atom. The lowest BCUT2D eigenvalue weighted by Gasteiger charge is -2.50. The number of halogens is 1. The fraction of sp³-hybridized carbons (Fsp3) is 0.417. The molecule has 0 aromatic heterocycles. The zero-order valence-electron chi connectivity index (χ0n) is 17.7. The Hall–Kier alpha value is -2.02. The number of rotatable bonds is 8. The van der Waals surface area contributed by atoms with Gasteiger partial charge in [-0.1, -0.05) is 43.1 Å². The van der Waals surface area contributed by atoms with Crippen LogP contribution in [0, 0.1) is 0 Å². The summed E-state index contributed by atoms with van der Waals surface area (Å²) >= 11 is 6.14. The Morgan fingerprint density at radius 3 is 2.68 bits per heavy atom. The number of nitrogens with one attached hydrogen (secondary N) is 2. The quantitative estimate of drug-likeness (QED) is 0.554. The van der Waals surface area contributed by atoms with Crippen molar-refractivity contribution in [2.75, 3.05) is 12.3 Å². The Balaban J connectivity index is 1.56. The van der Waals surface area contributed by atoms with Crippen LogP contribution in [0.3, 0.4) is 0 Å². The molecule has 0 radical (unpaired) electrons. The highest BCUT2D eigenvalue weighted by Gasteiger charge is 2.47. The predicted molar refractivity (Wildman–Crippen MR) is 125 cm³/mol. The molecule has 2 aliphatic rings. The zero-order valence-corrected chi connectivity index (χ0v) is 19.3. The molecule has 1 unspecified atom stereocenters. The molecule has 1 saturated carbocycles. The van der Waals surface area contributed by atoms with E-state index in [9.17, 15) is 8.42 Å². The molecule has 5 nitrogen and oxygen atoms in total. The van der Waals surface area contributed by atoms with E-state index in [1.165, 1.54) is 35.6 Å². The number of hydrogen-bond acceptors (Lipinski definition) is 4. The van der Waals surface area contributed by atoms with Gasteiger partial charge in [0, 0.05) is 22.7 Å². The van der Waals surface area contributed by atoms with E-state index < -0.39 is 10.0 Å². The first-order chi connectivity index (χ1) is 14.9. The SMILES string of the molecule is CCCS(=O)(=O)NC=COc1ccc2c(c1)C(C1(c3ccc(Cl)cc3)CCC1)NCC2. The monoisotopic (exact) mass is 460 g/mol. The van der Waals surface area contributed by atoms with Gasteiger partial charge in [-0.15, -0.1) is 0 Å². The van der Waals surface area contributed by atoms with Gasteiger partial charge in [-0.05, 0) is 73.2 Å². The van der Waals surface area contributed by atoms with Crippen molar-refractivity contribution in [1.82, 2.24) is 10.0 Å². The lowest BCUT2D eigenvalue weighted by molar-refractivity contribution is 0.164. The van der Waals surface area contributed by atoms with E-state index in [4.69, 9.17) is 16.3 Å². The van der Waals surface area contributed by atoms with Gasteiger partial charge < -0.3 is 10.1 Å². The highest BCUT2D eigenvalue weighted by molar-refractivity contribution is 7.89. The van der Waals surface area contributed by atoms with Crippen molar-refractivity contribution in [3.05, 3.63) is 76.6 Å². The molecule has 4 rings (SSSR count). The highest BCUT2D eigenvalue weighted by atomic mass is 35.5. The summed E-state index contributed by atoms with van der Waals surface area (Å²) in [7, 11) is -3.29. The first-order valence-electron chi connectivity index (χ1n) is 10.9. The van der Waals surface area contributed by atoms with Crippen LogP contribution in [0.5, 0.6) is 5.75 Å². The Labute approximate surface area is 189 Å². The van der Waals surface area contributed by atoms with Crippen LogP contribution in [0.1, 0.15) is 55.3 Å². The number of benzene rings is 2. The normalized spacial score (nSPS) is 20.1. The average molecular weight is 461 g/mol. The molecule has 2 N–H and O–H groups in total. The van der Waals surface area contributed by atoms with Crippen LogP contribution in [0.2, 0.25) is 5.02 Å². The van der Waals surface area contributed by atoms with E-state index in [0.717, 1.165) is 30.8 Å². The maximum Gasteiger partial charge on any atom is 0.232 e. The maximum atomic E-state index is 11.7. The van der Waals surface area contributed by atoms with E-state index in [2.05, 4.69) is 34.3 Å². The third-order valence-corrected chi connectivity index (χ3v) is 8.07. The van der Waals surface area contributed by atoms with Gasteiger partial charge in [-0.25, -0.2) is 8.42 Å². The zero-order chi connectivity index (χ0) is 21.9. The summed E-state index contributed by atoms with van der Waals surface area (Å²) in [5.41, 5.74) is 3.98. The molecule has 0 spiro atoms. The number of ether oxygens (including phenoxy) is 1. The second kappa shape index (κ2) is 9.23. The fourth-order valence-corrected chi connectivity index (χ4v) is 5.80. The second-order valence-electron chi connectivity index (χ2n) is 8.37. The van der Waals surface area contributed by atoms with Crippen molar-refractivity contribution in [2.45, 2.75) is 50.5 Å². The lowest BCUT2D eigenvalue weighted by atomic mass is 9.58. The number of hydrogen-bond donors (Lipinski definition) is 2. The minimum Gasteiger partial charge on any atom is -0.463 e. The van der Waals surface area contributed by atoms with Gasteiger partial charge in [0.05, 0.1) is 5.75 Å². The maximum absolute atomic E-state index is 11.7. The van der Waals surface area contributed by atoms with Crippen LogP contribution in [0.25, 0.3) is 0 Å². The summed E-state index contributed by atoms with van der Waals surface area (Å²) in [6, 6.07) is 14.6. The van der Waals surface area contributed by atoms with Gasteiger partial charge in [0.2, 0.25) is 10.0 Å². The van der Waals surface area contributed by atoms with E-state index in [-0.39, 0.29) is 17.2 Å². The molecule has 1 aliphatic heterocycles. The first-order valence-corrected chi connectivity index (χ1v) is 12.9. The van der Waals surface area contributed by atoms with Gasteiger partial charge in [-0.2, -0.15) is 0 Å². The van der Waals surface area contributed by atoms with Crippen molar-refractivity contribution in [2.24, 2.45) is 0 Å². The van der Waals surface area contributed by atoms with Crippen molar-refractivity contribution in [1.29, 1.82) is 0 Å². The number of fused-ring (bicyclic) bond motifs is 1. The number of sulfonamides is 1. The molecule has 1 atom stereocenters. The van der Waals surface area contributed by atoms with Crippen LogP contribution in [-0.4, -0.2) is 20.7 Å². The van der Waals surface area contributed by atoms with E-state index in [0.29, 0.717) is 12.2 Å². The Kier molecular flexibility index (Phi) is 6.60. The molecule has 1 heterocycles. The van der Waals surface area contributed by atoms with Crippen molar-refractivity contribution >= 4 is 21.6 Å². The summed E-state index contributed by atoms with van der Waals surface area (Å²) in [5, 5.41) is 4.52. The standard InChI is InChI=1S/C24H29ClN2O3S/c1-2-16-31(28,29)27-14-15-30-21-9-4-18-10-13-26-23(22(18)17-21)24(11-3-12-24)19-5-7-20(25)8-6-19/h4-9,14-15,17,23,26-27H,2-3,10-13,16H2,1H3. The predicted octanol–water partition coefficient (Wildman–Crippen LogP) is 4.83. The van der Waals surface area contributed by atoms with Gasteiger partial charge >= 0.3 is 0 Å². The summed E-state index contributed by atoms with van der Waals surface area (Å²) in [6.07, 6.45) is 7.76. The minimum atomic E-state index is -3.29. The van der Waals surface area contributed by atoms with Crippen molar-refractivity contribution in [3.63, 3.8) is 0 Å². The molecule has 2 aromatic carbocycles. The molecule has 31 heavy (non-hydrogen) atoms. The average Bonchev–Trinajstić information content (AvgIpc) is 2.72. The third kappa shape index (κ3) is 4.76. The Morgan fingerprint density at radius 1 is 1.23 bits per heavy atom. The summed E-state index contributed by atoms with van der Waals surface area (Å²) in [4.78, 5) is 0. The van der Waals surface area contributed by atoms with E-state index in [1.807, 2.05) is 25.1 Å². The van der Waals surface area contributed by atoms with Crippen LogP contribution < -0.4 is 14.8 Å². The molecule has 0 saturated heterocycles. The van der Waals surface area contributed by atoms with Gasteiger partial charge in [-0.3, -0.25) is 4.72 Å². The molecule has 166 valence electrons. The van der Waals surface area contributed by atoms with Gasteiger partial charge in [0.15, 0.2) is 0 Å². The molecule has 7 heteroatoms. The second-order valence-corrected chi connectivity index (χ2v) is 10.7. The van der Waals surface area contributed by atoms with Gasteiger partial charge in [0.1, 0.15) is 12.0 Å². The lowest BCUT2D eigenvalue weighted by Crippen LogP contribution is -2.49. The Bertz CT molecular complexity index is 1050. The molecular formula is C24H29ClN2O3S. The fourth-order valence-electron chi connectivity index (χ4n) is 4.75. The molecule has 0 bridgehead atoms. The topological polar surface area (TPSA) is 67.4 Å². The van der Waals surface area contributed by atoms with Crippen LogP contribution in [-0.2, 0) is 21.9 Å². The molecule has 1 aliphatic carbocycles. The smallest absolute Gasteiger partial charge is 0.232 e. The third-order valence-electron chi connectivity index (χ3n) is 6.38. The summed E-state index contributed by atoms with van der Waals surface area (Å²) < 4.78 is 31.6. The minimum absolute atomic E-state index is 0.0595. The molecule has 0 amide bonds. The summed E-state index contributed by atoms with van der Waals surface area (Å²) in [6.45, 7) is 2.78. The summed E-state index contributed by atoms with van der Waals surface area (Å²) in [5.74, 6) is 0.792. The molecule has 2 aromatic rings.